The first kappa shape index (κ1) is 28.0. The van der Waals surface area contributed by atoms with Crippen LogP contribution in [-0.4, -0.2) is 75.0 Å². The van der Waals surface area contributed by atoms with Crippen LogP contribution >= 0.6 is 0 Å². The van der Waals surface area contributed by atoms with Crippen molar-refractivity contribution in [2.45, 2.75) is 6.54 Å². The van der Waals surface area contributed by atoms with Crippen LogP contribution in [0.1, 0.15) is 15.9 Å². The lowest BCUT2D eigenvalue weighted by molar-refractivity contribution is 0.0695. The van der Waals surface area contributed by atoms with E-state index < -0.39 is 22.8 Å². The number of carboxylic acid groups (broad SMARTS) is 1. The molecule has 0 bridgehead atoms. The molecule has 1 aliphatic rings. The molecule has 41 heavy (non-hydrogen) atoms. The number of anilines is 2. The Morgan fingerprint density at radius 3 is 2.24 bits per heavy atom. The molecule has 4 aromatic rings. The van der Waals surface area contributed by atoms with Crippen LogP contribution in [0.5, 0.6) is 11.5 Å². The van der Waals surface area contributed by atoms with Gasteiger partial charge in [-0.25, -0.2) is 9.18 Å². The van der Waals surface area contributed by atoms with Gasteiger partial charge in [-0.15, -0.1) is 0 Å². The number of piperazine rings is 1. The Hall–Kier alpha value is -4.57. The van der Waals surface area contributed by atoms with E-state index in [0.717, 1.165) is 29.6 Å². The first-order valence-corrected chi connectivity index (χ1v) is 13.3. The Morgan fingerprint density at radius 1 is 0.976 bits per heavy atom. The number of benzene rings is 3. The zero-order chi connectivity index (χ0) is 29.3. The molecule has 9 nitrogen and oxygen atoms in total. The van der Waals surface area contributed by atoms with Gasteiger partial charge in [0.15, 0.2) is 11.6 Å². The number of rotatable bonds is 8. The fourth-order valence-electron chi connectivity index (χ4n) is 5.45. The van der Waals surface area contributed by atoms with E-state index >= 15 is 4.39 Å². The fourth-order valence-corrected chi connectivity index (χ4v) is 5.45. The predicted molar refractivity (Wildman–Crippen MR) is 158 cm³/mol. The first-order valence-electron chi connectivity index (χ1n) is 13.3. The molecular formula is C31H33FN4O5. The minimum absolute atomic E-state index is 0.0620. The number of ether oxygens (including phenoxy) is 2. The average Bonchev–Trinajstić information content (AvgIpc) is 2.97. The number of pyridine rings is 1. The Morgan fingerprint density at radius 2 is 1.63 bits per heavy atom. The molecule has 0 saturated carbocycles. The van der Waals surface area contributed by atoms with Crippen molar-refractivity contribution in [2.24, 2.45) is 0 Å². The van der Waals surface area contributed by atoms with Gasteiger partial charge in [0.25, 0.3) is 0 Å². The lowest BCUT2D eigenvalue weighted by Crippen LogP contribution is -2.47. The minimum Gasteiger partial charge on any atom is -0.495 e. The molecule has 0 spiro atoms. The van der Waals surface area contributed by atoms with E-state index in [4.69, 9.17) is 9.47 Å². The molecule has 0 aliphatic carbocycles. The number of carbonyl (C=O) groups is 1. The second kappa shape index (κ2) is 11.5. The lowest BCUT2D eigenvalue weighted by atomic mass is 10.1. The summed E-state index contributed by atoms with van der Waals surface area (Å²) in [4.78, 5) is 31.4. The molecule has 1 N–H and O–H groups in total. The molecule has 1 saturated heterocycles. The highest BCUT2D eigenvalue weighted by molar-refractivity contribution is 5.97. The first-order chi connectivity index (χ1) is 19.7. The van der Waals surface area contributed by atoms with Crippen LogP contribution in [0.2, 0.25) is 0 Å². The average molecular weight is 561 g/mol. The summed E-state index contributed by atoms with van der Waals surface area (Å²) in [5, 5.41) is 9.72. The normalized spacial score (nSPS) is 13.6. The number of halogens is 1. The Balaban J connectivity index is 1.62. The zero-order valence-corrected chi connectivity index (χ0v) is 23.6. The molecule has 3 aromatic carbocycles. The standard InChI is InChI=1S/C31H33FN4O5/c1-33(2)18-20-9-11-21(12-10-20)36-19-23(31(38)39)29(37)22-17-24(32)28(30(41-4)27(22)36)35-15-13-34(14-16-35)25-7-5-6-8-26(25)40-3/h5-12,17,19H,13-16,18H2,1-4H3,(H,38,39). The van der Waals surface area contributed by atoms with E-state index in [1.165, 1.54) is 13.3 Å². The second-order valence-electron chi connectivity index (χ2n) is 10.2. The lowest BCUT2D eigenvalue weighted by Gasteiger charge is -2.38. The molecule has 10 heteroatoms. The van der Waals surface area contributed by atoms with E-state index in [-0.39, 0.29) is 16.8 Å². The van der Waals surface area contributed by atoms with Crippen molar-refractivity contribution in [3.63, 3.8) is 0 Å². The second-order valence-corrected chi connectivity index (χ2v) is 10.2. The van der Waals surface area contributed by atoms with E-state index in [1.807, 2.05) is 72.4 Å². The predicted octanol–water partition coefficient (Wildman–Crippen LogP) is 4.23. The minimum atomic E-state index is -1.38. The maximum absolute atomic E-state index is 15.9. The summed E-state index contributed by atoms with van der Waals surface area (Å²) in [7, 11) is 7.01. The Labute approximate surface area is 237 Å². The molecule has 0 amide bonds. The van der Waals surface area contributed by atoms with Crippen LogP contribution in [-0.2, 0) is 6.54 Å². The summed E-state index contributed by atoms with van der Waals surface area (Å²) in [6.07, 6.45) is 1.29. The van der Waals surface area contributed by atoms with E-state index in [9.17, 15) is 14.7 Å². The number of methoxy groups -OCH3 is 2. The molecule has 1 aromatic heterocycles. The van der Waals surface area contributed by atoms with Crippen LogP contribution in [0.4, 0.5) is 15.8 Å². The van der Waals surface area contributed by atoms with Gasteiger partial charge in [0.05, 0.1) is 25.3 Å². The van der Waals surface area contributed by atoms with Gasteiger partial charge in [0, 0.05) is 44.6 Å². The van der Waals surface area contributed by atoms with E-state index in [0.29, 0.717) is 37.4 Å². The highest BCUT2D eigenvalue weighted by Gasteiger charge is 2.28. The summed E-state index contributed by atoms with van der Waals surface area (Å²) in [6.45, 7) is 2.93. The van der Waals surface area contributed by atoms with Crippen molar-refractivity contribution in [2.75, 3.05) is 64.3 Å². The van der Waals surface area contributed by atoms with E-state index in [2.05, 4.69) is 4.90 Å². The number of aromatic carboxylic acids is 1. The number of hydrogen-bond acceptors (Lipinski definition) is 7. The molecular weight excluding hydrogens is 527 g/mol. The molecule has 2 heterocycles. The van der Waals surface area contributed by atoms with Crippen LogP contribution < -0.4 is 24.7 Å². The van der Waals surface area contributed by atoms with Crippen LogP contribution in [0.25, 0.3) is 16.6 Å². The van der Waals surface area contributed by atoms with Gasteiger partial charge in [-0.1, -0.05) is 24.3 Å². The smallest absolute Gasteiger partial charge is 0.341 e. The third-order valence-corrected chi connectivity index (χ3v) is 7.34. The highest BCUT2D eigenvalue weighted by Crippen LogP contribution is 2.40. The van der Waals surface area contributed by atoms with Gasteiger partial charge in [0.2, 0.25) is 5.43 Å². The maximum atomic E-state index is 15.9. The van der Waals surface area contributed by atoms with Crippen molar-refractivity contribution in [3.8, 4) is 17.2 Å². The van der Waals surface area contributed by atoms with Crippen molar-refractivity contribution >= 4 is 28.2 Å². The van der Waals surface area contributed by atoms with Crippen LogP contribution in [0.3, 0.4) is 0 Å². The number of para-hydroxylation sites is 2. The van der Waals surface area contributed by atoms with Gasteiger partial charge in [-0.3, -0.25) is 4.79 Å². The zero-order valence-electron chi connectivity index (χ0n) is 23.6. The van der Waals surface area contributed by atoms with Crippen molar-refractivity contribution in [1.29, 1.82) is 0 Å². The molecule has 214 valence electrons. The topological polar surface area (TPSA) is 87.5 Å². The number of carboxylic acids is 1. The van der Waals surface area contributed by atoms with Crippen molar-refractivity contribution < 1.29 is 23.8 Å². The monoisotopic (exact) mass is 560 g/mol. The quantitative estimate of drug-likeness (QED) is 0.343. The number of fused-ring (bicyclic) bond motifs is 1. The molecule has 5 rings (SSSR count). The van der Waals surface area contributed by atoms with Crippen LogP contribution in [0.15, 0.2) is 65.6 Å². The molecule has 1 aliphatic heterocycles. The van der Waals surface area contributed by atoms with Crippen molar-refractivity contribution in [3.05, 3.63) is 88.0 Å². The summed E-state index contributed by atoms with van der Waals surface area (Å²) in [5.74, 6) is -1.08. The molecule has 0 atom stereocenters. The summed E-state index contributed by atoms with van der Waals surface area (Å²) in [6, 6.07) is 16.5. The fraction of sp³-hybridized carbons (Fsp3) is 0.290. The largest absolute Gasteiger partial charge is 0.495 e. The van der Waals surface area contributed by atoms with Crippen molar-refractivity contribution in [1.82, 2.24) is 9.47 Å². The van der Waals surface area contributed by atoms with Gasteiger partial charge < -0.3 is 33.8 Å². The molecule has 0 unspecified atom stereocenters. The Kier molecular flexibility index (Phi) is 7.85. The summed E-state index contributed by atoms with van der Waals surface area (Å²) >= 11 is 0. The third kappa shape index (κ3) is 5.30. The summed E-state index contributed by atoms with van der Waals surface area (Å²) in [5.41, 5.74) is 1.98. The van der Waals surface area contributed by atoms with Gasteiger partial charge in [0.1, 0.15) is 22.5 Å². The van der Waals surface area contributed by atoms with Gasteiger partial charge in [-0.2, -0.15) is 0 Å². The number of nitrogens with zero attached hydrogens (tertiary/aromatic N) is 4. The highest BCUT2D eigenvalue weighted by atomic mass is 19.1. The van der Waals surface area contributed by atoms with Crippen LogP contribution in [0, 0.1) is 5.82 Å². The summed E-state index contributed by atoms with van der Waals surface area (Å²) < 4.78 is 28.8. The molecule has 0 radical (unpaired) electrons. The maximum Gasteiger partial charge on any atom is 0.341 e. The van der Waals surface area contributed by atoms with E-state index in [1.54, 1.807) is 11.7 Å². The van der Waals surface area contributed by atoms with Gasteiger partial charge in [-0.05, 0) is 50.0 Å². The number of aromatic nitrogens is 1. The Bertz CT molecular complexity index is 1640. The third-order valence-electron chi connectivity index (χ3n) is 7.34. The molecule has 1 fully saturated rings. The SMILES string of the molecule is COc1ccccc1N1CCN(c2c(F)cc3c(=O)c(C(=O)O)cn(-c4ccc(CN(C)C)cc4)c3c2OC)CC1. The van der Waals surface area contributed by atoms with Gasteiger partial charge >= 0.3 is 5.97 Å². The number of hydrogen-bond donors (Lipinski definition) is 1.